The Balaban J connectivity index is 1.47. The SMILES string of the molecule is CCOc1ccccc1NC(=O)CC12CC3CC(CC(Br)(C3)C1)C2. The second kappa shape index (κ2) is 6.05. The quantitative estimate of drug-likeness (QED) is 0.704. The van der Waals surface area contributed by atoms with Crippen LogP contribution in [0.5, 0.6) is 5.75 Å². The van der Waals surface area contributed by atoms with Crippen molar-refractivity contribution in [2.45, 2.75) is 56.2 Å². The van der Waals surface area contributed by atoms with Crippen molar-refractivity contribution in [1.29, 1.82) is 0 Å². The average Bonchev–Trinajstić information content (AvgIpc) is 2.46. The fourth-order valence-corrected chi connectivity index (χ4v) is 7.44. The molecule has 1 N–H and O–H groups in total. The molecule has 24 heavy (non-hydrogen) atoms. The molecule has 0 saturated heterocycles. The van der Waals surface area contributed by atoms with Gasteiger partial charge in [-0.2, -0.15) is 0 Å². The molecule has 130 valence electrons. The van der Waals surface area contributed by atoms with Gasteiger partial charge in [0, 0.05) is 10.7 Å². The molecule has 4 bridgehead atoms. The zero-order valence-corrected chi connectivity index (χ0v) is 15.9. The van der Waals surface area contributed by atoms with E-state index in [1.165, 1.54) is 32.1 Å². The summed E-state index contributed by atoms with van der Waals surface area (Å²) in [4.78, 5) is 12.8. The van der Waals surface area contributed by atoms with E-state index in [2.05, 4.69) is 21.2 Å². The Labute approximate surface area is 152 Å². The van der Waals surface area contributed by atoms with Gasteiger partial charge in [0.05, 0.1) is 12.3 Å². The molecule has 4 heteroatoms. The molecule has 4 aliphatic carbocycles. The van der Waals surface area contributed by atoms with Gasteiger partial charge in [0.25, 0.3) is 0 Å². The van der Waals surface area contributed by atoms with Crippen LogP contribution >= 0.6 is 15.9 Å². The molecule has 3 nitrogen and oxygen atoms in total. The maximum atomic E-state index is 12.8. The van der Waals surface area contributed by atoms with Crippen LogP contribution in [0.3, 0.4) is 0 Å². The number of carbonyl (C=O) groups is 1. The van der Waals surface area contributed by atoms with Gasteiger partial charge >= 0.3 is 0 Å². The van der Waals surface area contributed by atoms with Crippen LogP contribution in [0.2, 0.25) is 0 Å². The molecule has 4 saturated carbocycles. The third-order valence-corrected chi connectivity index (χ3v) is 7.04. The van der Waals surface area contributed by atoms with Crippen LogP contribution in [0, 0.1) is 17.3 Å². The molecular formula is C20H26BrNO2. The first-order chi connectivity index (χ1) is 11.5. The van der Waals surface area contributed by atoms with E-state index in [1.54, 1.807) is 0 Å². The zero-order chi connectivity index (χ0) is 16.8. The molecule has 4 aliphatic rings. The van der Waals surface area contributed by atoms with Crippen molar-refractivity contribution in [1.82, 2.24) is 0 Å². The molecule has 0 aromatic heterocycles. The van der Waals surface area contributed by atoms with Crippen molar-refractivity contribution in [3.8, 4) is 5.75 Å². The normalized spacial score (nSPS) is 36.6. The molecular weight excluding hydrogens is 366 g/mol. The fourth-order valence-electron chi connectivity index (χ4n) is 5.93. The number of rotatable bonds is 5. The van der Waals surface area contributed by atoms with Gasteiger partial charge in [-0.15, -0.1) is 0 Å². The van der Waals surface area contributed by atoms with Gasteiger partial charge in [0.1, 0.15) is 5.75 Å². The highest BCUT2D eigenvalue weighted by Crippen LogP contribution is 2.65. The van der Waals surface area contributed by atoms with Crippen molar-refractivity contribution in [2.75, 3.05) is 11.9 Å². The van der Waals surface area contributed by atoms with Crippen LogP contribution in [-0.2, 0) is 4.79 Å². The molecule has 2 atom stereocenters. The summed E-state index contributed by atoms with van der Waals surface area (Å²) in [6.45, 7) is 2.57. The topological polar surface area (TPSA) is 38.3 Å². The van der Waals surface area contributed by atoms with Crippen molar-refractivity contribution in [3.63, 3.8) is 0 Å². The lowest BCUT2D eigenvalue weighted by atomic mass is 9.48. The Bertz CT molecular complexity index is 630. The van der Waals surface area contributed by atoms with E-state index >= 15 is 0 Å². The number of benzene rings is 1. The second-order valence-corrected chi connectivity index (χ2v) is 9.95. The summed E-state index contributed by atoms with van der Waals surface area (Å²) >= 11 is 4.03. The lowest BCUT2D eigenvalue weighted by Crippen LogP contribution is -2.53. The minimum atomic E-state index is 0.139. The highest BCUT2D eigenvalue weighted by atomic mass is 79.9. The molecule has 5 rings (SSSR count). The molecule has 0 radical (unpaired) electrons. The van der Waals surface area contributed by atoms with E-state index in [0.29, 0.717) is 17.4 Å². The third-order valence-electron chi connectivity index (χ3n) is 6.11. The second-order valence-electron chi connectivity index (χ2n) is 8.27. The summed E-state index contributed by atoms with van der Waals surface area (Å²) in [6.07, 6.45) is 8.26. The third kappa shape index (κ3) is 3.10. The van der Waals surface area contributed by atoms with Crippen molar-refractivity contribution in [3.05, 3.63) is 24.3 Å². The number of amides is 1. The minimum Gasteiger partial charge on any atom is -0.492 e. The molecule has 1 aromatic rings. The molecule has 0 aliphatic heterocycles. The number of halogens is 1. The minimum absolute atomic E-state index is 0.139. The first-order valence-corrected chi connectivity index (χ1v) is 9.99. The van der Waals surface area contributed by atoms with Crippen molar-refractivity contribution >= 4 is 27.5 Å². The van der Waals surface area contributed by atoms with Crippen LogP contribution < -0.4 is 10.1 Å². The fraction of sp³-hybridized carbons (Fsp3) is 0.650. The predicted molar refractivity (Wildman–Crippen MR) is 99.6 cm³/mol. The molecule has 0 spiro atoms. The predicted octanol–water partition coefficient (Wildman–Crippen LogP) is 5.15. The first kappa shape index (κ1) is 16.4. The molecule has 1 amide bonds. The van der Waals surface area contributed by atoms with Gasteiger partial charge in [-0.3, -0.25) is 4.79 Å². The van der Waals surface area contributed by atoms with Crippen molar-refractivity contribution < 1.29 is 9.53 Å². The molecule has 0 heterocycles. The summed E-state index contributed by atoms with van der Waals surface area (Å²) in [5.41, 5.74) is 1.00. The molecule has 2 unspecified atom stereocenters. The van der Waals surface area contributed by atoms with Crippen LogP contribution in [0.4, 0.5) is 5.69 Å². The van der Waals surface area contributed by atoms with Gasteiger partial charge in [-0.05, 0) is 74.8 Å². The number of carbonyl (C=O) groups excluding carboxylic acids is 1. The van der Waals surface area contributed by atoms with Gasteiger partial charge in [-0.1, -0.05) is 28.1 Å². The summed E-state index contributed by atoms with van der Waals surface area (Å²) in [7, 11) is 0. The summed E-state index contributed by atoms with van der Waals surface area (Å²) < 4.78 is 5.93. The van der Waals surface area contributed by atoms with Crippen LogP contribution in [-0.4, -0.2) is 16.8 Å². The Hall–Kier alpha value is -1.03. The molecule has 1 aromatic carbocycles. The van der Waals surface area contributed by atoms with E-state index in [9.17, 15) is 4.79 Å². The van der Waals surface area contributed by atoms with E-state index in [4.69, 9.17) is 4.74 Å². The van der Waals surface area contributed by atoms with Gasteiger partial charge < -0.3 is 10.1 Å². The Kier molecular flexibility index (Phi) is 4.14. The van der Waals surface area contributed by atoms with Crippen LogP contribution in [0.25, 0.3) is 0 Å². The number of alkyl halides is 1. The maximum absolute atomic E-state index is 12.8. The number of para-hydroxylation sites is 2. The maximum Gasteiger partial charge on any atom is 0.225 e. The smallest absolute Gasteiger partial charge is 0.225 e. The Morgan fingerprint density at radius 1 is 1.25 bits per heavy atom. The van der Waals surface area contributed by atoms with E-state index < -0.39 is 0 Å². The largest absolute Gasteiger partial charge is 0.492 e. The number of nitrogens with one attached hydrogen (secondary N) is 1. The van der Waals surface area contributed by atoms with Crippen LogP contribution in [0.1, 0.15) is 51.9 Å². The summed E-state index contributed by atoms with van der Waals surface area (Å²) in [5, 5.41) is 3.10. The standard InChI is InChI=1S/C20H26BrNO2/c1-2-24-17-6-4-3-5-16(17)22-18(23)12-19-8-14-7-15(9-19)11-20(21,10-14)13-19/h3-6,14-15H,2,7-13H2,1H3,(H,22,23). The van der Waals surface area contributed by atoms with Gasteiger partial charge in [0.2, 0.25) is 5.91 Å². The number of anilines is 1. The van der Waals surface area contributed by atoms with Crippen molar-refractivity contribution in [2.24, 2.45) is 17.3 Å². The summed E-state index contributed by atoms with van der Waals surface area (Å²) in [5.74, 6) is 2.53. The first-order valence-electron chi connectivity index (χ1n) is 9.20. The average molecular weight is 392 g/mol. The lowest BCUT2D eigenvalue weighted by molar-refractivity contribution is -0.123. The monoisotopic (exact) mass is 391 g/mol. The zero-order valence-electron chi connectivity index (χ0n) is 14.3. The van der Waals surface area contributed by atoms with E-state index in [-0.39, 0.29) is 11.3 Å². The summed E-state index contributed by atoms with van der Waals surface area (Å²) in [6, 6.07) is 7.72. The highest BCUT2D eigenvalue weighted by Gasteiger charge is 2.57. The lowest BCUT2D eigenvalue weighted by Gasteiger charge is -2.60. The van der Waals surface area contributed by atoms with Crippen LogP contribution in [0.15, 0.2) is 24.3 Å². The van der Waals surface area contributed by atoms with E-state index in [0.717, 1.165) is 29.7 Å². The number of hydrogen-bond donors (Lipinski definition) is 1. The highest BCUT2D eigenvalue weighted by molar-refractivity contribution is 9.10. The Morgan fingerprint density at radius 3 is 2.62 bits per heavy atom. The number of hydrogen-bond acceptors (Lipinski definition) is 2. The van der Waals surface area contributed by atoms with Gasteiger partial charge in [-0.25, -0.2) is 0 Å². The van der Waals surface area contributed by atoms with E-state index in [1.807, 2.05) is 31.2 Å². The number of ether oxygens (including phenoxy) is 1. The molecule has 4 fully saturated rings. The Morgan fingerprint density at radius 2 is 1.96 bits per heavy atom. The van der Waals surface area contributed by atoms with Gasteiger partial charge in [0.15, 0.2) is 0 Å².